The van der Waals surface area contributed by atoms with Crippen LogP contribution in [0.5, 0.6) is 0 Å². The van der Waals surface area contributed by atoms with E-state index in [1.165, 1.54) is 18.3 Å². The Morgan fingerprint density at radius 2 is 1.96 bits per heavy atom. The minimum Gasteiger partial charge on any atom is -0.369 e. The molecule has 4 rings (SSSR count). The lowest BCUT2D eigenvalue weighted by atomic mass is 9.76. The minimum atomic E-state index is -0.231. The highest BCUT2D eigenvalue weighted by Crippen LogP contribution is 2.44. The van der Waals surface area contributed by atoms with E-state index in [9.17, 15) is 14.4 Å². The fourth-order valence-corrected chi connectivity index (χ4v) is 4.02. The molecule has 8 nitrogen and oxygen atoms in total. The van der Waals surface area contributed by atoms with Gasteiger partial charge < -0.3 is 15.6 Å². The van der Waals surface area contributed by atoms with E-state index in [4.69, 9.17) is 5.73 Å². The summed E-state index contributed by atoms with van der Waals surface area (Å²) in [6, 6.07) is 2.89. The summed E-state index contributed by atoms with van der Waals surface area (Å²) in [5, 5.41) is 0. The van der Waals surface area contributed by atoms with E-state index < -0.39 is 0 Å². The molecule has 1 saturated heterocycles. The Hall–Kier alpha value is -2.90. The number of H-pyrrole nitrogens is 2. The van der Waals surface area contributed by atoms with Crippen molar-refractivity contribution >= 4 is 11.9 Å². The van der Waals surface area contributed by atoms with Crippen LogP contribution in [0.25, 0.3) is 0 Å². The van der Waals surface area contributed by atoms with Crippen LogP contribution < -0.4 is 16.9 Å². The summed E-state index contributed by atoms with van der Waals surface area (Å²) in [4.78, 5) is 47.1. The summed E-state index contributed by atoms with van der Waals surface area (Å²) in [6.45, 7) is 1.18. The van der Waals surface area contributed by atoms with E-state index in [0.717, 1.165) is 30.5 Å². The van der Waals surface area contributed by atoms with E-state index in [2.05, 4.69) is 15.0 Å². The molecule has 0 atom stereocenters. The largest absolute Gasteiger partial charge is 0.369 e. The van der Waals surface area contributed by atoms with Gasteiger partial charge in [0.1, 0.15) is 0 Å². The zero-order valence-corrected chi connectivity index (χ0v) is 13.7. The molecule has 1 aliphatic carbocycles. The number of nitrogen functional groups attached to an aromatic ring is 1. The maximum Gasteiger partial charge on any atom is 0.255 e. The Labute approximate surface area is 143 Å². The van der Waals surface area contributed by atoms with Gasteiger partial charge in [-0.15, -0.1) is 0 Å². The molecule has 3 heterocycles. The predicted octanol–water partition coefficient (Wildman–Crippen LogP) is 0.161. The standard InChI is InChI=1S/C17H19N5O3/c18-16-20-13-11(14(24)21-16)3-4-17(13)5-7-22(8-6-17)15(25)10-1-2-12(23)19-9-10/h1-2,9H,3-8H2,(H,19,23)(H3,18,20,21,24). The molecule has 1 amide bonds. The second-order valence-electron chi connectivity index (χ2n) is 6.79. The van der Waals surface area contributed by atoms with Gasteiger partial charge in [0.15, 0.2) is 0 Å². The number of amides is 1. The van der Waals surface area contributed by atoms with E-state index >= 15 is 0 Å². The number of carbonyl (C=O) groups excluding carboxylic acids is 1. The van der Waals surface area contributed by atoms with Gasteiger partial charge in [0.2, 0.25) is 11.5 Å². The number of aromatic nitrogens is 3. The van der Waals surface area contributed by atoms with Crippen molar-refractivity contribution in [3.63, 3.8) is 0 Å². The molecule has 130 valence electrons. The van der Waals surface area contributed by atoms with Crippen molar-refractivity contribution < 1.29 is 4.79 Å². The Kier molecular flexibility index (Phi) is 3.48. The van der Waals surface area contributed by atoms with Crippen LogP contribution in [-0.4, -0.2) is 38.8 Å². The summed E-state index contributed by atoms with van der Waals surface area (Å²) in [5.41, 5.74) is 7.19. The van der Waals surface area contributed by atoms with Gasteiger partial charge in [0, 0.05) is 36.3 Å². The quantitative estimate of drug-likeness (QED) is 0.681. The molecule has 1 aliphatic heterocycles. The number of hydrogen-bond acceptors (Lipinski definition) is 5. The van der Waals surface area contributed by atoms with E-state index in [1.54, 1.807) is 4.90 Å². The Balaban J connectivity index is 1.55. The average Bonchev–Trinajstić information content (AvgIpc) is 2.94. The molecule has 25 heavy (non-hydrogen) atoms. The molecule has 1 fully saturated rings. The number of fused-ring (bicyclic) bond motifs is 2. The van der Waals surface area contributed by atoms with Gasteiger partial charge in [-0.1, -0.05) is 0 Å². The smallest absolute Gasteiger partial charge is 0.255 e. The fourth-order valence-electron chi connectivity index (χ4n) is 4.02. The molecule has 0 radical (unpaired) electrons. The SMILES string of the molecule is Nc1nc2c(c(=O)[nH]1)CCC21CCN(C(=O)c2ccc(=O)[nH]c2)CC1. The molecular weight excluding hydrogens is 322 g/mol. The van der Waals surface area contributed by atoms with Crippen LogP contribution in [0, 0.1) is 0 Å². The molecule has 0 bridgehead atoms. The molecule has 4 N–H and O–H groups in total. The number of nitrogens with one attached hydrogen (secondary N) is 2. The van der Waals surface area contributed by atoms with Gasteiger partial charge >= 0.3 is 0 Å². The second-order valence-corrected chi connectivity index (χ2v) is 6.79. The van der Waals surface area contributed by atoms with Crippen molar-refractivity contribution in [3.8, 4) is 0 Å². The lowest BCUT2D eigenvalue weighted by Gasteiger charge is -2.39. The summed E-state index contributed by atoms with van der Waals surface area (Å²) >= 11 is 0. The van der Waals surface area contributed by atoms with Crippen LogP contribution in [0.3, 0.4) is 0 Å². The number of nitrogens with two attached hydrogens (primary N) is 1. The highest BCUT2D eigenvalue weighted by molar-refractivity contribution is 5.93. The summed E-state index contributed by atoms with van der Waals surface area (Å²) < 4.78 is 0. The maximum absolute atomic E-state index is 12.6. The molecule has 0 unspecified atom stereocenters. The normalized spacial score (nSPS) is 18.3. The van der Waals surface area contributed by atoms with Gasteiger partial charge in [-0.25, -0.2) is 4.98 Å². The number of rotatable bonds is 1. The van der Waals surface area contributed by atoms with E-state index in [-0.39, 0.29) is 28.4 Å². The van der Waals surface area contributed by atoms with Crippen LogP contribution in [0.15, 0.2) is 27.9 Å². The first-order chi connectivity index (χ1) is 12.0. The number of hydrogen-bond donors (Lipinski definition) is 3. The summed E-state index contributed by atoms with van der Waals surface area (Å²) in [6.07, 6.45) is 4.52. The molecule has 2 aromatic rings. The van der Waals surface area contributed by atoms with Crippen molar-refractivity contribution in [3.05, 3.63) is 55.9 Å². The lowest BCUT2D eigenvalue weighted by molar-refractivity contribution is 0.0663. The third-order valence-corrected chi connectivity index (χ3v) is 5.43. The number of pyridine rings is 1. The number of carbonyl (C=O) groups is 1. The van der Waals surface area contributed by atoms with Crippen molar-refractivity contribution in [2.45, 2.75) is 31.1 Å². The van der Waals surface area contributed by atoms with Crippen LogP contribution >= 0.6 is 0 Å². The molecule has 1 spiro atoms. The van der Waals surface area contributed by atoms with E-state index in [1.807, 2.05) is 0 Å². The number of anilines is 1. The number of aromatic amines is 2. The topological polar surface area (TPSA) is 125 Å². The lowest BCUT2D eigenvalue weighted by Crippen LogP contribution is -2.45. The Morgan fingerprint density at radius 1 is 1.20 bits per heavy atom. The van der Waals surface area contributed by atoms with Crippen molar-refractivity contribution in [2.24, 2.45) is 0 Å². The number of piperidine rings is 1. The highest BCUT2D eigenvalue weighted by atomic mass is 16.2. The zero-order chi connectivity index (χ0) is 17.6. The highest BCUT2D eigenvalue weighted by Gasteiger charge is 2.44. The van der Waals surface area contributed by atoms with Crippen LogP contribution in [0.2, 0.25) is 0 Å². The predicted molar refractivity (Wildman–Crippen MR) is 91.5 cm³/mol. The second kappa shape index (κ2) is 5.58. The van der Waals surface area contributed by atoms with Gasteiger partial charge in [0.25, 0.3) is 11.5 Å². The number of likely N-dealkylation sites (tertiary alicyclic amines) is 1. The first-order valence-corrected chi connectivity index (χ1v) is 8.36. The van der Waals surface area contributed by atoms with Crippen molar-refractivity contribution in [1.29, 1.82) is 0 Å². The van der Waals surface area contributed by atoms with Crippen LogP contribution in [0.4, 0.5) is 5.95 Å². The van der Waals surface area contributed by atoms with Gasteiger partial charge in [-0.2, -0.15) is 0 Å². The molecule has 2 aliphatic rings. The zero-order valence-electron chi connectivity index (χ0n) is 13.7. The fraction of sp³-hybridized carbons (Fsp3) is 0.412. The Morgan fingerprint density at radius 3 is 2.64 bits per heavy atom. The first-order valence-electron chi connectivity index (χ1n) is 8.36. The monoisotopic (exact) mass is 341 g/mol. The van der Waals surface area contributed by atoms with Gasteiger partial charge in [0.05, 0.1) is 11.3 Å². The van der Waals surface area contributed by atoms with Gasteiger partial charge in [-0.3, -0.25) is 19.4 Å². The third kappa shape index (κ3) is 2.54. The maximum atomic E-state index is 12.6. The van der Waals surface area contributed by atoms with Gasteiger partial charge in [-0.05, 0) is 31.7 Å². The van der Waals surface area contributed by atoms with Crippen LogP contribution in [-0.2, 0) is 11.8 Å². The molecule has 8 heteroatoms. The van der Waals surface area contributed by atoms with Crippen molar-refractivity contribution in [2.75, 3.05) is 18.8 Å². The molecular formula is C17H19N5O3. The van der Waals surface area contributed by atoms with E-state index in [0.29, 0.717) is 25.1 Å². The summed E-state index contributed by atoms with van der Waals surface area (Å²) in [7, 11) is 0. The third-order valence-electron chi connectivity index (χ3n) is 5.43. The van der Waals surface area contributed by atoms with Crippen LogP contribution in [0.1, 0.15) is 40.9 Å². The first kappa shape index (κ1) is 15.6. The number of nitrogens with zero attached hydrogens (tertiary/aromatic N) is 2. The summed E-state index contributed by atoms with van der Waals surface area (Å²) in [5.74, 6) is 0.0551. The average molecular weight is 341 g/mol. The molecule has 0 aromatic carbocycles. The molecule has 0 saturated carbocycles. The van der Waals surface area contributed by atoms with Crippen molar-refractivity contribution in [1.82, 2.24) is 19.9 Å². The minimum absolute atomic E-state index is 0.0947. The Bertz CT molecular complexity index is 933. The molecule has 2 aromatic heterocycles.